The summed E-state index contributed by atoms with van der Waals surface area (Å²) in [6.07, 6.45) is 1.33. The fourth-order valence-electron chi connectivity index (χ4n) is 3.62. The van der Waals surface area contributed by atoms with E-state index >= 15 is 0 Å². The fraction of sp³-hybridized carbons (Fsp3) is 0.391. The molecule has 1 aliphatic heterocycles. The van der Waals surface area contributed by atoms with Crippen LogP contribution in [0.25, 0.3) is 0 Å². The molecule has 0 saturated carbocycles. The van der Waals surface area contributed by atoms with Crippen LogP contribution < -0.4 is 19.1 Å². The van der Waals surface area contributed by atoms with Gasteiger partial charge in [-0.3, -0.25) is 13.9 Å². The van der Waals surface area contributed by atoms with Crippen LogP contribution in [0.5, 0.6) is 11.5 Å². The highest BCUT2D eigenvalue weighted by Gasteiger charge is 2.26. The van der Waals surface area contributed by atoms with Crippen molar-refractivity contribution in [1.82, 2.24) is 10.2 Å². The maximum Gasteiger partial charge on any atom is 0.242 e. The number of likely N-dealkylation sites (N-methyl/N-ethyl adjacent to an activating group) is 1. The zero-order valence-corrected chi connectivity index (χ0v) is 20.1. The third-order valence-electron chi connectivity index (χ3n) is 5.48. The average molecular weight is 494 g/mol. The molecule has 0 saturated heterocycles. The lowest BCUT2D eigenvalue weighted by Gasteiger charge is -2.29. The second kappa shape index (κ2) is 10.7. The first kappa shape index (κ1) is 25.3. The maximum atomic E-state index is 13.3. The van der Waals surface area contributed by atoms with Gasteiger partial charge in [0.2, 0.25) is 28.6 Å². The molecule has 1 heterocycles. The molecule has 1 atom stereocenters. The quantitative estimate of drug-likeness (QED) is 0.544. The number of halogens is 1. The van der Waals surface area contributed by atoms with Gasteiger partial charge >= 0.3 is 0 Å². The van der Waals surface area contributed by atoms with Gasteiger partial charge in [-0.2, -0.15) is 0 Å². The highest BCUT2D eigenvalue weighted by Crippen LogP contribution is 2.36. The van der Waals surface area contributed by atoms with E-state index in [0.29, 0.717) is 22.7 Å². The summed E-state index contributed by atoms with van der Waals surface area (Å²) in [7, 11) is -2.15. The summed E-state index contributed by atoms with van der Waals surface area (Å²) in [5.41, 5.74) is 1.07. The Hall–Kier alpha value is -3.34. The standard InChI is InChI=1S/C23H28FN3O6S/c1-16(23(29)25-2)26(14-17-6-8-18(24)9-7-17)22(28)5-4-12-27(34(3,30)31)19-10-11-20-21(13-19)33-15-32-20/h6-11,13,16H,4-5,12,14-15H2,1-3H3,(H,25,29)/t16-/m1/s1. The Kier molecular flexibility index (Phi) is 7.98. The summed E-state index contributed by atoms with van der Waals surface area (Å²) >= 11 is 0. The molecular weight excluding hydrogens is 465 g/mol. The second-order valence-electron chi connectivity index (χ2n) is 7.91. The number of carbonyl (C=O) groups is 2. The predicted octanol–water partition coefficient (Wildman–Crippen LogP) is 2.26. The van der Waals surface area contributed by atoms with E-state index in [2.05, 4.69) is 5.32 Å². The molecule has 1 aliphatic rings. The van der Waals surface area contributed by atoms with Gasteiger partial charge in [0.1, 0.15) is 11.9 Å². The molecule has 0 aliphatic carbocycles. The first-order valence-electron chi connectivity index (χ1n) is 10.7. The summed E-state index contributed by atoms with van der Waals surface area (Å²) in [5.74, 6) is -0.0717. The van der Waals surface area contributed by atoms with Gasteiger partial charge in [-0.05, 0) is 43.2 Å². The van der Waals surface area contributed by atoms with Crippen LogP contribution in [0.15, 0.2) is 42.5 Å². The van der Waals surface area contributed by atoms with Crippen LogP contribution in [-0.4, -0.2) is 57.8 Å². The van der Waals surface area contributed by atoms with E-state index in [9.17, 15) is 22.4 Å². The molecule has 0 bridgehead atoms. The zero-order valence-electron chi connectivity index (χ0n) is 19.3. The molecule has 34 heavy (non-hydrogen) atoms. The van der Waals surface area contributed by atoms with Gasteiger partial charge in [0.25, 0.3) is 0 Å². The number of ether oxygens (including phenoxy) is 2. The largest absolute Gasteiger partial charge is 0.454 e. The highest BCUT2D eigenvalue weighted by atomic mass is 32.2. The first-order chi connectivity index (χ1) is 16.1. The van der Waals surface area contributed by atoms with Crippen LogP contribution >= 0.6 is 0 Å². The summed E-state index contributed by atoms with van der Waals surface area (Å²) in [6.45, 7) is 1.85. The van der Waals surface area contributed by atoms with Gasteiger partial charge in [0.05, 0.1) is 11.9 Å². The number of sulfonamides is 1. The van der Waals surface area contributed by atoms with Gasteiger partial charge in [-0.15, -0.1) is 0 Å². The molecule has 2 amide bonds. The fourth-order valence-corrected chi connectivity index (χ4v) is 4.58. The van der Waals surface area contributed by atoms with E-state index < -0.39 is 21.9 Å². The second-order valence-corrected chi connectivity index (χ2v) is 9.82. The summed E-state index contributed by atoms with van der Waals surface area (Å²) in [4.78, 5) is 26.7. The average Bonchev–Trinajstić information content (AvgIpc) is 3.27. The molecule has 0 aromatic heterocycles. The number of hydrogen-bond acceptors (Lipinski definition) is 6. The lowest BCUT2D eigenvalue weighted by atomic mass is 10.1. The number of carbonyl (C=O) groups excluding carboxylic acids is 2. The van der Waals surface area contributed by atoms with Crippen molar-refractivity contribution in [2.75, 3.05) is 30.9 Å². The number of nitrogens with zero attached hydrogens (tertiary/aromatic N) is 2. The Morgan fingerprint density at radius 2 is 1.79 bits per heavy atom. The number of anilines is 1. The molecule has 0 fully saturated rings. The topological polar surface area (TPSA) is 105 Å². The molecule has 0 unspecified atom stereocenters. The van der Waals surface area contributed by atoms with E-state index in [1.165, 1.54) is 28.4 Å². The number of rotatable bonds is 10. The van der Waals surface area contributed by atoms with E-state index in [1.807, 2.05) is 0 Å². The Morgan fingerprint density at radius 3 is 2.44 bits per heavy atom. The number of fused-ring (bicyclic) bond motifs is 1. The van der Waals surface area contributed by atoms with Gasteiger partial charge in [-0.1, -0.05) is 12.1 Å². The van der Waals surface area contributed by atoms with Crippen molar-refractivity contribution >= 4 is 27.5 Å². The normalized spacial score (nSPS) is 13.3. The number of benzene rings is 2. The minimum absolute atomic E-state index is 0.0130. The van der Waals surface area contributed by atoms with Crippen molar-refractivity contribution < 1.29 is 31.9 Å². The van der Waals surface area contributed by atoms with Gasteiger partial charge in [0, 0.05) is 32.6 Å². The van der Waals surface area contributed by atoms with Crippen molar-refractivity contribution in [3.63, 3.8) is 0 Å². The molecule has 2 aromatic carbocycles. The first-order valence-corrected chi connectivity index (χ1v) is 12.6. The van der Waals surface area contributed by atoms with Gasteiger partial charge in [0.15, 0.2) is 11.5 Å². The summed E-state index contributed by atoms with van der Waals surface area (Å²) in [6, 6.07) is 9.76. The maximum absolute atomic E-state index is 13.3. The summed E-state index contributed by atoms with van der Waals surface area (Å²) in [5, 5.41) is 2.53. The van der Waals surface area contributed by atoms with Crippen LogP contribution in [0.3, 0.4) is 0 Å². The number of nitrogens with one attached hydrogen (secondary N) is 1. The van der Waals surface area contributed by atoms with E-state index in [1.54, 1.807) is 37.3 Å². The molecule has 3 rings (SSSR count). The predicted molar refractivity (Wildman–Crippen MR) is 124 cm³/mol. The lowest BCUT2D eigenvalue weighted by molar-refractivity contribution is -0.140. The molecule has 9 nitrogen and oxygen atoms in total. The smallest absolute Gasteiger partial charge is 0.242 e. The van der Waals surface area contributed by atoms with Crippen molar-refractivity contribution in [2.45, 2.75) is 32.4 Å². The van der Waals surface area contributed by atoms with Crippen LogP contribution in [0.2, 0.25) is 0 Å². The van der Waals surface area contributed by atoms with E-state index in [4.69, 9.17) is 9.47 Å². The van der Waals surface area contributed by atoms with Crippen molar-refractivity contribution in [2.24, 2.45) is 0 Å². The minimum atomic E-state index is -3.63. The molecule has 0 radical (unpaired) electrons. The lowest BCUT2D eigenvalue weighted by Crippen LogP contribution is -2.46. The monoisotopic (exact) mass is 493 g/mol. The Labute approximate surface area is 198 Å². The van der Waals surface area contributed by atoms with Gasteiger partial charge < -0.3 is 19.7 Å². The van der Waals surface area contributed by atoms with Crippen LogP contribution in [0.4, 0.5) is 10.1 Å². The van der Waals surface area contributed by atoms with Crippen molar-refractivity contribution in [3.8, 4) is 11.5 Å². The minimum Gasteiger partial charge on any atom is -0.454 e. The number of hydrogen-bond donors (Lipinski definition) is 1. The van der Waals surface area contributed by atoms with Crippen molar-refractivity contribution in [3.05, 3.63) is 53.8 Å². The third kappa shape index (κ3) is 6.16. The molecule has 184 valence electrons. The van der Waals surface area contributed by atoms with Crippen molar-refractivity contribution in [1.29, 1.82) is 0 Å². The molecule has 2 aromatic rings. The van der Waals surface area contributed by atoms with Crippen LogP contribution in [0.1, 0.15) is 25.3 Å². The van der Waals surface area contributed by atoms with E-state index in [0.717, 1.165) is 6.26 Å². The number of amides is 2. The summed E-state index contributed by atoms with van der Waals surface area (Å²) < 4.78 is 49.9. The molecule has 1 N–H and O–H groups in total. The van der Waals surface area contributed by atoms with E-state index in [-0.39, 0.29) is 44.5 Å². The molecule has 0 spiro atoms. The Balaban J connectivity index is 1.71. The third-order valence-corrected chi connectivity index (χ3v) is 6.67. The van der Waals surface area contributed by atoms with Crippen LogP contribution in [0, 0.1) is 5.82 Å². The molecule has 11 heteroatoms. The van der Waals surface area contributed by atoms with Gasteiger partial charge in [-0.25, -0.2) is 12.8 Å². The zero-order chi connectivity index (χ0) is 24.9. The Morgan fingerprint density at radius 1 is 1.12 bits per heavy atom. The SMILES string of the molecule is CNC(=O)[C@@H](C)N(Cc1ccc(F)cc1)C(=O)CCCN(c1ccc2c(c1)OCO2)S(C)(=O)=O. The highest BCUT2D eigenvalue weighted by molar-refractivity contribution is 7.92. The molecular formula is C23H28FN3O6S. The van der Waals surface area contributed by atoms with Crippen LogP contribution in [-0.2, 0) is 26.2 Å². The Bertz CT molecular complexity index is 1140.